The van der Waals surface area contributed by atoms with E-state index in [1.165, 1.54) is 12.1 Å². The number of benzene rings is 1. The summed E-state index contributed by atoms with van der Waals surface area (Å²) in [5.41, 5.74) is 1.73. The zero-order valence-corrected chi connectivity index (χ0v) is 8.36. The van der Waals surface area contributed by atoms with Crippen molar-refractivity contribution in [2.75, 3.05) is 5.01 Å². The maximum atomic E-state index is 10.9. The summed E-state index contributed by atoms with van der Waals surface area (Å²) in [7, 11) is 0. The molecular weight excluding hydrogens is 224 g/mol. The van der Waals surface area contributed by atoms with E-state index in [9.17, 15) is 9.90 Å². The number of nitrogens with one attached hydrogen (secondary N) is 1. The molecule has 15 heavy (non-hydrogen) atoms. The lowest BCUT2D eigenvalue weighted by Crippen LogP contribution is -2.47. The van der Waals surface area contributed by atoms with Gasteiger partial charge in [0.25, 0.3) is 0 Å². The first-order chi connectivity index (χ1) is 6.56. The standard InChI is InChI=1S/C7H10N4O3.ClH/c8-10-7(14)11(9)5-3-4(12)1-2-6(5)13;/h1-3,12-13H,8-9H2,(H,10,14);1H. The molecule has 1 aromatic rings. The maximum Gasteiger partial charge on any atom is 0.350 e. The molecule has 0 atom stereocenters. The molecule has 0 aliphatic heterocycles. The lowest BCUT2D eigenvalue weighted by Gasteiger charge is -2.16. The molecule has 2 amide bonds. The molecule has 0 radical (unpaired) electrons. The molecule has 84 valence electrons. The highest BCUT2D eigenvalue weighted by Crippen LogP contribution is 2.29. The number of nitrogens with two attached hydrogens (primary N) is 2. The Morgan fingerprint density at radius 3 is 2.53 bits per heavy atom. The lowest BCUT2D eigenvalue weighted by atomic mass is 10.2. The Labute approximate surface area is 91.6 Å². The SMILES string of the molecule is Cl.NNC(=O)N(N)c1cc(O)ccc1O. The zero-order valence-electron chi connectivity index (χ0n) is 7.54. The number of phenolic OH excluding ortho intramolecular Hbond substituents is 2. The summed E-state index contributed by atoms with van der Waals surface area (Å²) in [6.45, 7) is 0. The summed E-state index contributed by atoms with van der Waals surface area (Å²) in [4.78, 5) is 10.9. The molecule has 1 rings (SSSR count). The van der Waals surface area contributed by atoms with E-state index < -0.39 is 6.03 Å². The first-order valence-electron chi connectivity index (χ1n) is 3.63. The molecule has 8 heteroatoms. The first kappa shape index (κ1) is 13.3. The molecule has 0 unspecified atom stereocenters. The second-order valence-corrected chi connectivity index (χ2v) is 2.49. The van der Waals surface area contributed by atoms with Crippen molar-refractivity contribution in [3.05, 3.63) is 18.2 Å². The Kier molecular flexibility index (Phi) is 4.65. The van der Waals surface area contributed by atoms with E-state index in [0.717, 1.165) is 6.07 Å². The van der Waals surface area contributed by atoms with Crippen molar-refractivity contribution in [1.29, 1.82) is 0 Å². The average molecular weight is 235 g/mol. The number of hydrogen-bond acceptors (Lipinski definition) is 5. The second-order valence-electron chi connectivity index (χ2n) is 2.49. The van der Waals surface area contributed by atoms with Crippen molar-refractivity contribution in [2.24, 2.45) is 11.7 Å². The minimum Gasteiger partial charge on any atom is -0.508 e. The van der Waals surface area contributed by atoms with E-state index in [1.807, 2.05) is 0 Å². The summed E-state index contributed by atoms with van der Waals surface area (Å²) in [5, 5.41) is 19.0. The van der Waals surface area contributed by atoms with Crippen LogP contribution in [0.4, 0.5) is 10.5 Å². The van der Waals surface area contributed by atoms with E-state index in [0.29, 0.717) is 5.01 Å². The van der Waals surface area contributed by atoms with Crippen molar-refractivity contribution >= 4 is 24.1 Å². The minimum atomic E-state index is -0.814. The van der Waals surface area contributed by atoms with Gasteiger partial charge in [0.2, 0.25) is 0 Å². The third-order valence-corrected chi connectivity index (χ3v) is 1.56. The third kappa shape index (κ3) is 2.88. The van der Waals surface area contributed by atoms with Gasteiger partial charge in [-0.2, -0.15) is 0 Å². The minimum absolute atomic E-state index is 0. The summed E-state index contributed by atoms with van der Waals surface area (Å²) in [5.74, 6) is 9.75. The highest BCUT2D eigenvalue weighted by Gasteiger charge is 2.14. The molecule has 7 N–H and O–H groups in total. The van der Waals surface area contributed by atoms with Crippen molar-refractivity contribution < 1.29 is 15.0 Å². The molecule has 0 saturated carbocycles. The molecule has 7 nitrogen and oxygen atoms in total. The van der Waals surface area contributed by atoms with Gasteiger partial charge in [-0.05, 0) is 12.1 Å². The Bertz CT molecular complexity index is 360. The van der Waals surface area contributed by atoms with Crippen LogP contribution < -0.4 is 22.1 Å². The van der Waals surface area contributed by atoms with Crippen LogP contribution in [0.1, 0.15) is 0 Å². The van der Waals surface area contributed by atoms with E-state index in [-0.39, 0.29) is 29.6 Å². The monoisotopic (exact) mass is 234 g/mol. The lowest BCUT2D eigenvalue weighted by molar-refractivity contribution is 0.246. The van der Waals surface area contributed by atoms with Gasteiger partial charge in [-0.25, -0.2) is 21.5 Å². The number of hydrogen-bond donors (Lipinski definition) is 5. The van der Waals surface area contributed by atoms with Crippen LogP contribution in [0.25, 0.3) is 0 Å². The number of hydrazine groups is 2. The summed E-state index contributed by atoms with van der Waals surface area (Å²) in [6, 6.07) is 2.78. The number of halogens is 1. The van der Waals surface area contributed by atoms with Gasteiger partial charge in [0, 0.05) is 6.07 Å². The number of rotatable bonds is 1. The van der Waals surface area contributed by atoms with Gasteiger partial charge < -0.3 is 10.2 Å². The maximum absolute atomic E-state index is 10.9. The summed E-state index contributed by atoms with van der Waals surface area (Å²) in [6.07, 6.45) is 0. The van der Waals surface area contributed by atoms with Crippen LogP contribution in [0.5, 0.6) is 11.5 Å². The Hall–Kier alpha value is -1.70. The number of aromatic hydroxyl groups is 2. The van der Waals surface area contributed by atoms with Crippen molar-refractivity contribution in [1.82, 2.24) is 5.43 Å². The van der Waals surface area contributed by atoms with Crippen LogP contribution in [0.2, 0.25) is 0 Å². The molecule has 0 bridgehead atoms. The third-order valence-electron chi connectivity index (χ3n) is 1.56. The highest BCUT2D eigenvalue weighted by atomic mass is 35.5. The number of anilines is 1. The van der Waals surface area contributed by atoms with Gasteiger partial charge in [-0.15, -0.1) is 12.4 Å². The summed E-state index contributed by atoms with van der Waals surface area (Å²) >= 11 is 0. The number of phenols is 2. The smallest absolute Gasteiger partial charge is 0.350 e. The molecule has 0 heterocycles. The van der Waals surface area contributed by atoms with Crippen molar-refractivity contribution in [3.63, 3.8) is 0 Å². The van der Waals surface area contributed by atoms with E-state index >= 15 is 0 Å². The highest BCUT2D eigenvalue weighted by molar-refractivity contribution is 5.92. The van der Waals surface area contributed by atoms with Gasteiger partial charge in [-0.1, -0.05) is 0 Å². The van der Waals surface area contributed by atoms with Gasteiger partial charge >= 0.3 is 6.03 Å². The largest absolute Gasteiger partial charge is 0.508 e. The van der Waals surface area contributed by atoms with E-state index in [4.69, 9.17) is 16.8 Å². The first-order valence-corrected chi connectivity index (χ1v) is 3.63. The Morgan fingerprint density at radius 2 is 2.00 bits per heavy atom. The fourth-order valence-electron chi connectivity index (χ4n) is 0.884. The fraction of sp³-hybridized carbons (Fsp3) is 0. The molecule has 0 fully saturated rings. The zero-order chi connectivity index (χ0) is 10.7. The number of carbonyl (C=O) groups is 1. The molecular formula is C7H11ClN4O3. The van der Waals surface area contributed by atoms with Gasteiger partial charge in [0.15, 0.2) is 0 Å². The predicted molar refractivity (Wildman–Crippen MR) is 56.4 cm³/mol. The Morgan fingerprint density at radius 1 is 1.40 bits per heavy atom. The quantitative estimate of drug-likeness (QED) is 0.199. The van der Waals surface area contributed by atoms with Gasteiger partial charge in [0.1, 0.15) is 17.2 Å². The topological polar surface area (TPSA) is 125 Å². The van der Waals surface area contributed by atoms with Crippen molar-refractivity contribution in [3.8, 4) is 11.5 Å². The van der Waals surface area contributed by atoms with E-state index in [2.05, 4.69) is 0 Å². The van der Waals surface area contributed by atoms with Gasteiger partial charge in [-0.3, -0.25) is 5.43 Å². The average Bonchev–Trinajstić information content (AvgIpc) is 2.19. The van der Waals surface area contributed by atoms with Crippen LogP contribution in [0.3, 0.4) is 0 Å². The summed E-state index contributed by atoms with van der Waals surface area (Å²) < 4.78 is 0. The second kappa shape index (κ2) is 5.25. The van der Waals surface area contributed by atoms with Gasteiger partial charge in [0.05, 0.1) is 0 Å². The van der Waals surface area contributed by atoms with Crippen molar-refractivity contribution in [2.45, 2.75) is 0 Å². The molecule has 0 saturated heterocycles. The predicted octanol–water partition coefficient (Wildman–Crippen LogP) is -0.217. The molecule has 1 aromatic carbocycles. The number of nitrogens with zero attached hydrogens (tertiary/aromatic N) is 1. The van der Waals surface area contributed by atoms with Crippen LogP contribution in [-0.4, -0.2) is 16.2 Å². The molecule has 0 spiro atoms. The Balaban J connectivity index is 0.00000196. The van der Waals surface area contributed by atoms with Crippen LogP contribution in [0.15, 0.2) is 18.2 Å². The van der Waals surface area contributed by atoms with Crippen LogP contribution in [0, 0.1) is 0 Å². The molecule has 0 aliphatic carbocycles. The number of amides is 2. The normalized spacial score (nSPS) is 8.93. The molecule has 0 aromatic heterocycles. The van der Waals surface area contributed by atoms with Crippen LogP contribution in [-0.2, 0) is 0 Å². The van der Waals surface area contributed by atoms with Crippen LogP contribution >= 0.6 is 12.4 Å². The fourth-order valence-corrected chi connectivity index (χ4v) is 0.884. The number of urea groups is 1. The molecule has 0 aliphatic rings. The van der Waals surface area contributed by atoms with E-state index in [1.54, 1.807) is 5.43 Å². The number of carbonyl (C=O) groups excluding carboxylic acids is 1.